The molecule has 0 spiro atoms. The van der Waals surface area contributed by atoms with Gasteiger partial charge in [-0.2, -0.15) is 0 Å². The Morgan fingerprint density at radius 2 is 2.16 bits per heavy atom. The summed E-state index contributed by atoms with van der Waals surface area (Å²) in [4.78, 5) is 23.6. The zero-order valence-electron chi connectivity index (χ0n) is 10.3. The summed E-state index contributed by atoms with van der Waals surface area (Å²) in [6.45, 7) is 0. The first kappa shape index (κ1) is 14.2. The average Bonchev–Trinajstić information content (AvgIpc) is 2.36. The van der Waals surface area contributed by atoms with Gasteiger partial charge in [0.2, 0.25) is 0 Å². The Bertz CT molecular complexity index is 529. The van der Waals surface area contributed by atoms with E-state index in [0.717, 1.165) is 6.42 Å². The Morgan fingerprint density at radius 3 is 2.79 bits per heavy atom. The van der Waals surface area contributed by atoms with Gasteiger partial charge in [0.25, 0.3) is 0 Å². The van der Waals surface area contributed by atoms with Gasteiger partial charge in [-0.05, 0) is 43.0 Å². The van der Waals surface area contributed by atoms with Gasteiger partial charge in [0.1, 0.15) is 11.2 Å². The third-order valence-electron chi connectivity index (χ3n) is 3.70. The number of carbonyl (C=O) groups excluding carboxylic acids is 1. The van der Waals surface area contributed by atoms with E-state index in [1.54, 1.807) is 12.1 Å². The highest BCUT2D eigenvalue weighted by Gasteiger charge is 2.47. The molecule has 3 nitrogen and oxygen atoms in total. The number of ketones is 1. The third-order valence-corrected chi connectivity index (χ3v) is 4.19. The fourth-order valence-electron chi connectivity index (χ4n) is 2.58. The Hall–Kier alpha value is -1.23. The zero-order chi connectivity index (χ0) is 14.0. The number of rotatable bonds is 3. The van der Waals surface area contributed by atoms with E-state index >= 15 is 0 Å². The summed E-state index contributed by atoms with van der Waals surface area (Å²) >= 11 is 3.23. The minimum absolute atomic E-state index is 0.0769. The van der Waals surface area contributed by atoms with E-state index in [-0.39, 0.29) is 30.6 Å². The molecule has 1 aliphatic carbocycles. The van der Waals surface area contributed by atoms with Crippen LogP contribution in [0.2, 0.25) is 0 Å². The number of Topliss-reactive ketones (excluding diaryl/α,β-unsaturated/α-hetero) is 1. The molecule has 2 rings (SSSR count). The molecule has 1 atom stereocenters. The number of carboxylic acid groups (broad SMARTS) is 1. The third kappa shape index (κ3) is 2.71. The Balaban J connectivity index is 2.38. The SMILES string of the molecule is O=C(O)C1(Cc2cc(Br)ccc2F)CCCCC1=O. The van der Waals surface area contributed by atoms with Gasteiger partial charge in [-0.1, -0.05) is 22.4 Å². The second-order valence-electron chi connectivity index (χ2n) is 4.93. The van der Waals surface area contributed by atoms with E-state index in [1.807, 2.05) is 0 Å². The monoisotopic (exact) mass is 328 g/mol. The number of hydrogen-bond donors (Lipinski definition) is 1. The van der Waals surface area contributed by atoms with Crippen molar-refractivity contribution in [3.8, 4) is 0 Å². The molecule has 19 heavy (non-hydrogen) atoms. The van der Waals surface area contributed by atoms with Crippen LogP contribution in [-0.4, -0.2) is 16.9 Å². The molecule has 1 aromatic rings. The lowest BCUT2D eigenvalue weighted by Gasteiger charge is -2.31. The minimum Gasteiger partial charge on any atom is -0.480 e. The average molecular weight is 329 g/mol. The largest absolute Gasteiger partial charge is 0.480 e. The summed E-state index contributed by atoms with van der Waals surface area (Å²) in [5.74, 6) is -1.90. The molecular formula is C14H14BrFO3. The van der Waals surface area contributed by atoms with Crippen LogP contribution in [0.3, 0.4) is 0 Å². The maximum Gasteiger partial charge on any atom is 0.317 e. The standard InChI is InChI=1S/C14H14BrFO3/c15-10-4-5-11(16)9(7-10)8-14(13(18)19)6-2-1-3-12(14)17/h4-5,7H,1-3,6,8H2,(H,18,19). The highest BCUT2D eigenvalue weighted by atomic mass is 79.9. The van der Waals surface area contributed by atoms with Gasteiger partial charge in [-0.25, -0.2) is 4.39 Å². The van der Waals surface area contributed by atoms with E-state index in [2.05, 4.69) is 15.9 Å². The highest BCUT2D eigenvalue weighted by Crippen LogP contribution is 2.37. The minimum atomic E-state index is -1.46. The molecule has 5 heteroatoms. The first-order valence-corrected chi connectivity index (χ1v) is 6.96. The van der Waals surface area contributed by atoms with Crippen molar-refractivity contribution >= 4 is 27.7 Å². The van der Waals surface area contributed by atoms with Crippen LogP contribution in [0.25, 0.3) is 0 Å². The first-order chi connectivity index (χ1) is 8.95. The van der Waals surface area contributed by atoms with Crippen LogP contribution in [-0.2, 0) is 16.0 Å². The summed E-state index contributed by atoms with van der Waals surface area (Å²) < 4.78 is 14.4. The van der Waals surface area contributed by atoms with Crippen LogP contribution >= 0.6 is 15.9 Å². The number of carbonyl (C=O) groups is 2. The molecule has 0 heterocycles. The molecule has 0 amide bonds. The fourth-order valence-corrected chi connectivity index (χ4v) is 2.99. The van der Waals surface area contributed by atoms with Crippen LogP contribution in [0.15, 0.2) is 22.7 Å². The van der Waals surface area contributed by atoms with E-state index in [9.17, 15) is 19.1 Å². The van der Waals surface area contributed by atoms with Crippen molar-refractivity contribution in [1.82, 2.24) is 0 Å². The van der Waals surface area contributed by atoms with Crippen LogP contribution in [0.4, 0.5) is 4.39 Å². The predicted octanol–water partition coefficient (Wildman–Crippen LogP) is 3.34. The van der Waals surface area contributed by atoms with Crippen molar-refractivity contribution in [3.05, 3.63) is 34.1 Å². The van der Waals surface area contributed by atoms with Crippen molar-refractivity contribution in [2.75, 3.05) is 0 Å². The van der Waals surface area contributed by atoms with Crippen molar-refractivity contribution in [1.29, 1.82) is 0 Å². The molecule has 1 N–H and O–H groups in total. The van der Waals surface area contributed by atoms with Crippen molar-refractivity contribution in [3.63, 3.8) is 0 Å². The van der Waals surface area contributed by atoms with Crippen LogP contribution in [0, 0.1) is 11.2 Å². The van der Waals surface area contributed by atoms with Crippen LogP contribution in [0.1, 0.15) is 31.2 Å². The number of hydrogen-bond acceptors (Lipinski definition) is 2. The Morgan fingerprint density at radius 1 is 1.42 bits per heavy atom. The molecule has 0 aliphatic heterocycles. The predicted molar refractivity (Wildman–Crippen MR) is 71.3 cm³/mol. The summed E-state index contributed by atoms with van der Waals surface area (Å²) in [6.07, 6.45) is 1.88. The Labute approximate surface area is 118 Å². The molecule has 102 valence electrons. The molecule has 1 aromatic carbocycles. The van der Waals surface area contributed by atoms with Gasteiger partial charge >= 0.3 is 5.97 Å². The van der Waals surface area contributed by atoms with E-state index in [0.29, 0.717) is 10.9 Å². The summed E-state index contributed by atoms with van der Waals surface area (Å²) in [6, 6.07) is 4.37. The van der Waals surface area contributed by atoms with Gasteiger partial charge in [-0.3, -0.25) is 9.59 Å². The molecule has 0 bridgehead atoms. The second-order valence-corrected chi connectivity index (χ2v) is 5.85. The molecule has 1 fully saturated rings. The van der Waals surface area contributed by atoms with Crippen LogP contribution < -0.4 is 0 Å². The number of benzene rings is 1. The molecular weight excluding hydrogens is 315 g/mol. The highest BCUT2D eigenvalue weighted by molar-refractivity contribution is 9.10. The lowest BCUT2D eigenvalue weighted by Crippen LogP contribution is -2.43. The van der Waals surface area contributed by atoms with Crippen LogP contribution in [0.5, 0.6) is 0 Å². The number of halogens is 2. The molecule has 0 saturated heterocycles. The van der Waals surface area contributed by atoms with Gasteiger partial charge in [-0.15, -0.1) is 0 Å². The summed E-state index contributed by atoms with van der Waals surface area (Å²) in [5.41, 5.74) is -1.19. The van der Waals surface area contributed by atoms with Gasteiger partial charge < -0.3 is 5.11 Å². The summed E-state index contributed by atoms with van der Waals surface area (Å²) in [5, 5.41) is 9.43. The quantitative estimate of drug-likeness (QED) is 0.866. The maximum absolute atomic E-state index is 13.8. The van der Waals surface area contributed by atoms with Gasteiger partial charge in [0, 0.05) is 10.9 Å². The molecule has 1 aliphatic rings. The zero-order valence-corrected chi connectivity index (χ0v) is 11.9. The summed E-state index contributed by atoms with van der Waals surface area (Å²) in [7, 11) is 0. The van der Waals surface area contributed by atoms with Crippen molar-refractivity contribution in [2.24, 2.45) is 5.41 Å². The van der Waals surface area contributed by atoms with Crippen molar-refractivity contribution in [2.45, 2.75) is 32.1 Å². The van der Waals surface area contributed by atoms with Crippen molar-refractivity contribution < 1.29 is 19.1 Å². The van der Waals surface area contributed by atoms with E-state index < -0.39 is 17.2 Å². The number of carboxylic acids is 1. The normalized spacial score (nSPS) is 23.4. The second kappa shape index (κ2) is 5.41. The molecule has 1 unspecified atom stereocenters. The molecule has 0 aromatic heterocycles. The van der Waals surface area contributed by atoms with E-state index in [4.69, 9.17) is 0 Å². The Kier molecular flexibility index (Phi) is 4.04. The smallest absolute Gasteiger partial charge is 0.317 e. The van der Waals surface area contributed by atoms with Gasteiger partial charge in [0.15, 0.2) is 5.78 Å². The van der Waals surface area contributed by atoms with Gasteiger partial charge in [0.05, 0.1) is 0 Å². The molecule has 0 radical (unpaired) electrons. The maximum atomic E-state index is 13.8. The fraction of sp³-hybridized carbons (Fsp3) is 0.429. The lowest BCUT2D eigenvalue weighted by atomic mass is 9.69. The number of aliphatic carboxylic acids is 1. The van der Waals surface area contributed by atoms with E-state index in [1.165, 1.54) is 6.07 Å². The first-order valence-electron chi connectivity index (χ1n) is 6.16. The lowest BCUT2D eigenvalue weighted by molar-refractivity contribution is -0.157. The topological polar surface area (TPSA) is 54.4 Å². The molecule has 1 saturated carbocycles.